The van der Waals surface area contributed by atoms with E-state index in [2.05, 4.69) is 4.98 Å². The van der Waals surface area contributed by atoms with Gasteiger partial charge in [-0.2, -0.15) is 5.26 Å². The molecule has 3 heteroatoms. The van der Waals surface area contributed by atoms with Gasteiger partial charge in [-0.25, -0.2) is 4.98 Å². The molecular formula is C12H10N2O. The zero-order chi connectivity index (χ0) is 10.8. The maximum absolute atomic E-state index is 8.76. The predicted octanol–water partition coefficient (Wildman–Crippen LogP) is 2.42. The Morgan fingerprint density at radius 1 is 1.33 bits per heavy atom. The van der Waals surface area contributed by atoms with Crippen molar-refractivity contribution in [2.24, 2.45) is 0 Å². The molecule has 0 unspecified atom stereocenters. The Hall–Kier alpha value is -2.08. The van der Waals surface area contributed by atoms with E-state index in [0.29, 0.717) is 11.4 Å². The van der Waals surface area contributed by atoms with Gasteiger partial charge in [0.1, 0.15) is 23.0 Å². The highest BCUT2D eigenvalue weighted by molar-refractivity contribution is 5.85. The summed E-state index contributed by atoms with van der Waals surface area (Å²) in [5.41, 5.74) is 2.26. The third-order valence-corrected chi connectivity index (χ3v) is 2.24. The van der Waals surface area contributed by atoms with Crippen LogP contribution in [-0.2, 0) is 0 Å². The van der Waals surface area contributed by atoms with Gasteiger partial charge in [-0.15, -0.1) is 0 Å². The number of methoxy groups -OCH3 is 1. The molecule has 2 rings (SSSR count). The number of hydrogen-bond donors (Lipinski definition) is 0. The Bertz CT molecular complexity index is 555. The molecule has 0 aliphatic rings. The van der Waals surface area contributed by atoms with E-state index in [1.54, 1.807) is 13.2 Å². The fourth-order valence-corrected chi connectivity index (χ4v) is 1.56. The number of benzene rings is 1. The summed E-state index contributed by atoms with van der Waals surface area (Å²) in [6, 6.07) is 9.55. The highest BCUT2D eigenvalue weighted by Crippen LogP contribution is 2.25. The van der Waals surface area contributed by atoms with Crippen LogP contribution in [0.25, 0.3) is 10.9 Å². The second-order valence-electron chi connectivity index (χ2n) is 3.35. The van der Waals surface area contributed by atoms with Crippen molar-refractivity contribution in [1.29, 1.82) is 5.26 Å². The third kappa shape index (κ3) is 1.62. The fourth-order valence-electron chi connectivity index (χ4n) is 1.56. The molecule has 0 saturated carbocycles. The summed E-state index contributed by atoms with van der Waals surface area (Å²) >= 11 is 0. The van der Waals surface area contributed by atoms with E-state index < -0.39 is 0 Å². The zero-order valence-electron chi connectivity index (χ0n) is 8.61. The van der Waals surface area contributed by atoms with Gasteiger partial charge in [0, 0.05) is 5.39 Å². The van der Waals surface area contributed by atoms with Crippen LogP contribution in [0.15, 0.2) is 24.3 Å². The molecule has 74 valence electrons. The topological polar surface area (TPSA) is 45.9 Å². The second kappa shape index (κ2) is 3.58. The van der Waals surface area contributed by atoms with Gasteiger partial charge in [-0.05, 0) is 36.8 Å². The molecule has 0 fully saturated rings. The van der Waals surface area contributed by atoms with Crippen molar-refractivity contribution in [3.8, 4) is 11.8 Å². The monoisotopic (exact) mass is 198 g/mol. The van der Waals surface area contributed by atoms with Crippen LogP contribution < -0.4 is 4.74 Å². The Kier molecular flexibility index (Phi) is 2.26. The molecule has 0 radical (unpaired) electrons. The molecule has 0 spiro atoms. The molecule has 1 aromatic carbocycles. The van der Waals surface area contributed by atoms with Gasteiger partial charge >= 0.3 is 0 Å². The summed E-state index contributed by atoms with van der Waals surface area (Å²) in [5.74, 6) is 0.710. The molecule has 15 heavy (non-hydrogen) atoms. The first-order valence-electron chi connectivity index (χ1n) is 4.60. The number of fused-ring (bicyclic) bond motifs is 1. The molecule has 2 aromatic rings. The number of pyridine rings is 1. The second-order valence-corrected chi connectivity index (χ2v) is 3.35. The van der Waals surface area contributed by atoms with Gasteiger partial charge in [-0.1, -0.05) is 0 Å². The summed E-state index contributed by atoms with van der Waals surface area (Å²) < 4.78 is 5.24. The lowest BCUT2D eigenvalue weighted by Gasteiger charge is -2.06. The maximum atomic E-state index is 8.76. The van der Waals surface area contributed by atoms with Crippen molar-refractivity contribution < 1.29 is 4.74 Å². The van der Waals surface area contributed by atoms with Crippen molar-refractivity contribution >= 4 is 10.9 Å². The first-order chi connectivity index (χ1) is 7.24. The van der Waals surface area contributed by atoms with Crippen molar-refractivity contribution in [2.75, 3.05) is 7.11 Å². The molecule has 0 aliphatic carbocycles. The van der Waals surface area contributed by atoms with Crippen molar-refractivity contribution in [2.45, 2.75) is 6.92 Å². The lowest BCUT2D eigenvalue weighted by Crippen LogP contribution is -1.91. The number of aromatic nitrogens is 1. The van der Waals surface area contributed by atoms with Crippen molar-refractivity contribution in [1.82, 2.24) is 4.98 Å². The van der Waals surface area contributed by atoms with Crippen LogP contribution in [0.4, 0.5) is 0 Å². The molecule has 0 atom stereocenters. The molecule has 1 heterocycles. The van der Waals surface area contributed by atoms with E-state index >= 15 is 0 Å². The van der Waals surface area contributed by atoms with Crippen LogP contribution in [0.3, 0.4) is 0 Å². The highest BCUT2D eigenvalue weighted by Gasteiger charge is 2.05. The standard InChI is InChI=1S/C12H10N2O/c1-8-5-9-3-4-10(7-13)14-12(9)11(6-8)15-2/h3-6H,1-2H3. The summed E-state index contributed by atoms with van der Waals surface area (Å²) in [6.07, 6.45) is 0. The summed E-state index contributed by atoms with van der Waals surface area (Å²) in [6.45, 7) is 2.00. The Balaban J connectivity index is 2.80. The van der Waals surface area contributed by atoms with Crippen LogP contribution >= 0.6 is 0 Å². The number of nitriles is 1. The van der Waals surface area contributed by atoms with Crippen LogP contribution in [0.2, 0.25) is 0 Å². The smallest absolute Gasteiger partial charge is 0.145 e. The summed E-state index contributed by atoms with van der Waals surface area (Å²) in [5, 5.41) is 9.75. The fraction of sp³-hybridized carbons (Fsp3) is 0.167. The molecular weight excluding hydrogens is 188 g/mol. The number of ether oxygens (including phenoxy) is 1. The molecule has 0 saturated heterocycles. The van der Waals surface area contributed by atoms with Crippen LogP contribution in [0.1, 0.15) is 11.3 Å². The van der Waals surface area contributed by atoms with E-state index in [1.807, 2.05) is 31.2 Å². The molecule has 0 bridgehead atoms. The number of aryl methyl sites for hydroxylation is 1. The van der Waals surface area contributed by atoms with E-state index in [1.165, 1.54) is 0 Å². The lowest BCUT2D eigenvalue weighted by atomic mass is 10.1. The number of rotatable bonds is 1. The van der Waals surface area contributed by atoms with Crippen LogP contribution in [0, 0.1) is 18.3 Å². The van der Waals surface area contributed by atoms with E-state index in [4.69, 9.17) is 10.00 Å². The van der Waals surface area contributed by atoms with E-state index in [-0.39, 0.29) is 0 Å². The van der Waals surface area contributed by atoms with Gasteiger partial charge < -0.3 is 4.74 Å². The summed E-state index contributed by atoms with van der Waals surface area (Å²) in [4.78, 5) is 4.22. The number of hydrogen-bond acceptors (Lipinski definition) is 3. The van der Waals surface area contributed by atoms with Crippen molar-refractivity contribution in [3.05, 3.63) is 35.5 Å². The average molecular weight is 198 g/mol. The minimum atomic E-state index is 0.407. The molecule has 1 aromatic heterocycles. The first kappa shape index (κ1) is 9.47. The molecule has 0 aliphatic heterocycles. The molecule has 0 amide bonds. The Morgan fingerprint density at radius 2 is 2.13 bits per heavy atom. The number of nitrogens with zero attached hydrogens (tertiary/aromatic N) is 2. The van der Waals surface area contributed by atoms with E-state index in [0.717, 1.165) is 16.5 Å². The lowest BCUT2D eigenvalue weighted by molar-refractivity contribution is 0.418. The first-order valence-corrected chi connectivity index (χ1v) is 4.60. The van der Waals surface area contributed by atoms with Gasteiger partial charge in [0.05, 0.1) is 7.11 Å². The zero-order valence-corrected chi connectivity index (χ0v) is 8.61. The Labute approximate surface area is 87.9 Å². The van der Waals surface area contributed by atoms with Crippen molar-refractivity contribution in [3.63, 3.8) is 0 Å². The summed E-state index contributed by atoms with van der Waals surface area (Å²) in [7, 11) is 1.61. The van der Waals surface area contributed by atoms with Crippen LogP contribution in [-0.4, -0.2) is 12.1 Å². The normalized spacial score (nSPS) is 9.93. The van der Waals surface area contributed by atoms with E-state index in [9.17, 15) is 0 Å². The SMILES string of the molecule is COc1cc(C)cc2ccc(C#N)nc12. The minimum Gasteiger partial charge on any atom is -0.494 e. The van der Waals surface area contributed by atoms with Gasteiger partial charge in [0.15, 0.2) is 0 Å². The molecule has 3 nitrogen and oxygen atoms in total. The molecule has 0 N–H and O–H groups in total. The quantitative estimate of drug-likeness (QED) is 0.706. The Morgan fingerprint density at radius 3 is 2.80 bits per heavy atom. The highest BCUT2D eigenvalue weighted by atomic mass is 16.5. The van der Waals surface area contributed by atoms with Crippen LogP contribution in [0.5, 0.6) is 5.75 Å². The van der Waals surface area contributed by atoms with Gasteiger partial charge in [-0.3, -0.25) is 0 Å². The minimum absolute atomic E-state index is 0.407. The van der Waals surface area contributed by atoms with Gasteiger partial charge in [0.2, 0.25) is 0 Å². The average Bonchev–Trinajstić information content (AvgIpc) is 2.27. The predicted molar refractivity (Wildman–Crippen MR) is 57.7 cm³/mol. The third-order valence-electron chi connectivity index (χ3n) is 2.24. The van der Waals surface area contributed by atoms with Gasteiger partial charge in [0.25, 0.3) is 0 Å². The maximum Gasteiger partial charge on any atom is 0.145 e. The largest absolute Gasteiger partial charge is 0.494 e.